The van der Waals surface area contributed by atoms with Crippen LogP contribution in [0, 0.1) is 0 Å². The highest BCUT2D eigenvalue weighted by Crippen LogP contribution is 2.23. The van der Waals surface area contributed by atoms with E-state index in [-0.39, 0.29) is 76.8 Å². The number of fused-ring (bicyclic) bond motifs is 2. The SMILES string of the molecule is CC(CCCc1ccccc1)n1nnc2c(=O)[nH]c(Cc3ccc(S(=O)(=O)NCCO)cc3)nc21.CCC(CCCc1ccccc1)n1nnc2c(=O)[nH]c(Cc3cccc(S(=O)(=O)NCCO)c3)nc21. The number of sulfonamides is 2. The van der Waals surface area contributed by atoms with E-state index >= 15 is 0 Å². The normalized spacial score (nSPS) is 12.7. The highest BCUT2D eigenvalue weighted by Gasteiger charge is 2.21. The van der Waals surface area contributed by atoms with Crippen molar-refractivity contribution < 1.29 is 27.0 Å². The third-order valence-corrected chi connectivity index (χ3v) is 14.7. The molecule has 2 atom stereocenters. The molecular weight excluding hydrogens is 949 g/mol. The van der Waals surface area contributed by atoms with Crippen molar-refractivity contribution in [3.05, 3.63) is 164 Å². The van der Waals surface area contributed by atoms with E-state index in [9.17, 15) is 26.4 Å². The number of nitrogens with zero attached hydrogens (tertiary/aromatic N) is 8. The molecule has 6 N–H and O–H groups in total. The van der Waals surface area contributed by atoms with Gasteiger partial charge >= 0.3 is 0 Å². The van der Waals surface area contributed by atoms with Gasteiger partial charge in [0.2, 0.25) is 20.0 Å². The molecule has 0 radical (unpaired) electrons. The van der Waals surface area contributed by atoms with Gasteiger partial charge in [-0.1, -0.05) is 102 Å². The Labute approximate surface area is 410 Å². The van der Waals surface area contributed by atoms with Gasteiger partial charge in [0.1, 0.15) is 11.6 Å². The molecule has 0 aliphatic rings. The Morgan fingerprint density at radius 2 is 1.08 bits per heavy atom. The fourth-order valence-corrected chi connectivity index (χ4v) is 10.2. The zero-order valence-electron chi connectivity index (χ0n) is 39.5. The van der Waals surface area contributed by atoms with Crippen molar-refractivity contribution in [2.45, 2.75) is 93.5 Å². The van der Waals surface area contributed by atoms with Gasteiger partial charge < -0.3 is 20.2 Å². The van der Waals surface area contributed by atoms with Gasteiger partial charge in [0, 0.05) is 25.9 Å². The Kier molecular flexibility index (Phi) is 17.8. The summed E-state index contributed by atoms with van der Waals surface area (Å²) in [7, 11) is -7.43. The second-order valence-electron chi connectivity index (χ2n) is 17.0. The molecule has 8 rings (SSSR count). The molecular formula is C49H58N12O8S2. The van der Waals surface area contributed by atoms with Crippen LogP contribution >= 0.6 is 0 Å². The smallest absolute Gasteiger partial charge is 0.281 e. The van der Waals surface area contributed by atoms with E-state index in [0.29, 0.717) is 34.9 Å². The number of aliphatic hydroxyl groups excluding tert-OH is 2. The average molecular weight is 1010 g/mol. The molecule has 0 fully saturated rings. The monoisotopic (exact) mass is 1010 g/mol. The Balaban J connectivity index is 0.000000209. The molecule has 20 nitrogen and oxygen atoms in total. The van der Waals surface area contributed by atoms with Crippen molar-refractivity contribution >= 4 is 42.4 Å². The van der Waals surface area contributed by atoms with Crippen LogP contribution in [-0.4, -0.2) is 103 Å². The van der Waals surface area contributed by atoms with Crippen LogP contribution in [0.2, 0.25) is 0 Å². The van der Waals surface area contributed by atoms with Gasteiger partial charge in [-0.15, -0.1) is 10.2 Å². The topological polar surface area (TPSA) is 286 Å². The van der Waals surface area contributed by atoms with Crippen LogP contribution in [0.4, 0.5) is 0 Å². The zero-order valence-corrected chi connectivity index (χ0v) is 41.1. The maximum atomic E-state index is 12.7. The standard InChI is InChI=1S/C25H30N6O4S.C24H28N6O4S/c1-2-20(12-6-10-18-8-4-3-5-9-18)31-24-23(29-30-31)25(33)28-22(27-24)17-19-11-7-13-21(16-19)36(34,35)26-14-15-32;1-17(6-5-9-18-7-3-2-4-8-18)30-23-22(28-29-30)24(32)27-21(26-23)16-19-10-12-20(13-11-19)35(33,34)25-14-15-31/h3-5,7-9,11,13,16,20,26,32H,2,6,10,12,14-15,17H2,1H3,(H,27,28,33);2-4,7-8,10-13,17,25,31H,5-6,9,14-16H2,1H3,(H,26,27,32). The van der Waals surface area contributed by atoms with E-state index < -0.39 is 20.0 Å². The van der Waals surface area contributed by atoms with Gasteiger partial charge in [0.25, 0.3) is 11.1 Å². The van der Waals surface area contributed by atoms with E-state index in [0.717, 1.165) is 50.5 Å². The Hall–Kier alpha value is -6.82. The summed E-state index contributed by atoms with van der Waals surface area (Å²) >= 11 is 0. The van der Waals surface area contributed by atoms with Gasteiger partial charge in [0.15, 0.2) is 22.3 Å². The number of benzene rings is 4. The van der Waals surface area contributed by atoms with Gasteiger partial charge in [-0.2, -0.15) is 0 Å². The molecule has 0 amide bonds. The lowest BCUT2D eigenvalue weighted by molar-refractivity contribution is 0.300. The number of nitrogens with one attached hydrogen (secondary N) is 4. The van der Waals surface area contributed by atoms with E-state index in [1.54, 1.807) is 33.6 Å². The van der Waals surface area contributed by atoms with Crippen molar-refractivity contribution in [3.63, 3.8) is 0 Å². The summed E-state index contributed by atoms with van der Waals surface area (Å²) in [5.41, 5.74) is 4.50. The Bertz CT molecular complexity index is 3350. The lowest BCUT2D eigenvalue weighted by Gasteiger charge is -2.15. The van der Waals surface area contributed by atoms with Crippen molar-refractivity contribution in [1.82, 2.24) is 59.4 Å². The predicted molar refractivity (Wildman–Crippen MR) is 268 cm³/mol. The summed E-state index contributed by atoms with van der Waals surface area (Å²) in [5, 5.41) is 34.3. The van der Waals surface area contributed by atoms with Crippen molar-refractivity contribution in [3.8, 4) is 0 Å². The van der Waals surface area contributed by atoms with Crippen LogP contribution in [0.1, 0.15) is 91.9 Å². The highest BCUT2D eigenvalue weighted by molar-refractivity contribution is 7.89. The summed E-state index contributed by atoms with van der Waals surface area (Å²) < 4.78 is 57.2. The Morgan fingerprint density at radius 1 is 0.592 bits per heavy atom. The van der Waals surface area contributed by atoms with Gasteiger partial charge in [-0.25, -0.2) is 45.6 Å². The summed E-state index contributed by atoms with van der Waals surface area (Å²) in [4.78, 5) is 40.2. The first-order valence-electron chi connectivity index (χ1n) is 23.4. The molecule has 4 aromatic heterocycles. The third kappa shape index (κ3) is 13.7. The number of aryl methyl sites for hydroxylation is 2. The zero-order chi connectivity index (χ0) is 50.4. The number of H-pyrrole nitrogens is 2. The number of aliphatic hydroxyl groups is 2. The molecule has 71 heavy (non-hydrogen) atoms. The minimum atomic E-state index is -3.75. The van der Waals surface area contributed by atoms with E-state index in [1.165, 1.54) is 35.4 Å². The molecule has 0 bridgehead atoms. The second kappa shape index (κ2) is 24.3. The highest BCUT2D eigenvalue weighted by atomic mass is 32.2. The largest absolute Gasteiger partial charge is 0.395 e. The fraction of sp³-hybridized carbons (Fsp3) is 0.347. The van der Waals surface area contributed by atoms with E-state index in [1.807, 2.05) is 43.3 Å². The van der Waals surface area contributed by atoms with Crippen molar-refractivity contribution in [1.29, 1.82) is 0 Å². The summed E-state index contributed by atoms with van der Waals surface area (Å²) in [6, 6.07) is 33.3. The lowest BCUT2D eigenvalue weighted by Crippen LogP contribution is -2.26. The third-order valence-electron chi connectivity index (χ3n) is 11.8. The molecule has 8 aromatic rings. The molecule has 374 valence electrons. The van der Waals surface area contributed by atoms with Crippen LogP contribution in [0.15, 0.2) is 129 Å². The molecule has 0 aliphatic carbocycles. The minimum Gasteiger partial charge on any atom is -0.395 e. The van der Waals surface area contributed by atoms with Crippen LogP contribution in [-0.2, 0) is 45.7 Å². The molecule has 2 unspecified atom stereocenters. The summed E-state index contributed by atoms with van der Waals surface area (Å²) in [5.74, 6) is 0.838. The number of aromatic amines is 2. The maximum Gasteiger partial charge on any atom is 0.281 e. The van der Waals surface area contributed by atoms with Gasteiger partial charge in [-0.3, -0.25) is 9.59 Å². The molecule has 0 aliphatic heterocycles. The quantitative estimate of drug-likeness (QED) is 0.0521. The molecule has 0 saturated heterocycles. The van der Waals surface area contributed by atoms with Crippen LogP contribution in [0.25, 0.3) is 22.3 Å². The number of aromatic nitrogens is 10. The number of hydrogen-bond acceptors (Lipinski definition) is 14. The minimum absolute atomic E-state index is 0.0155. The van der Waals surface area contributed by atoms with Crippen LogP contribution in [0.5, 0.6) is 0 Å². The first kappa shape index (κ1) is 52.0. The van der Waals surface area contributed by atoms with Crippen LogP contribution in [0.3, 0.4) is 0 Å². The number of hydrogen-bond donors (Lipinski definition) is 6. The van der Waals surface area contributed by atoms with Crippen LogP contribution < -0.4 is 20.6 Å². The van der Waals surface area contributed by atoms with E-state index in [4.69, 9.17) is 10.2 Å². The second-order valence-corrected chi connectivity index (χ2v) is 20.5. The predicted octanol–water partition coefficient (Wildman–Crippen LogP) is 4.31. The summed E-state index contributed by atoms with van der Waals surface area (Å²) in [6.45, 7) is 3.41. The fourth-order valence-electron chi connectivity index (χ4n) is 8.06. The van der Waals surface area contributed by atoms with Gasteiger partial charge in [0.05, 0.1) is 35.1 Å². The first-order valence-corrected chi connectivity index (χ1v) is 26.4. The lowest BCUT2D eigenvalue weighted by atomic mass is 10.0. The van der Waals surface area contributed by atoms with E-state index in [2.05, 4.69) is 81.2 Å². The molecule has 22 heteroatoms. The molecule has 4 aromatic carbocycles. The Morgan fingerprint density at radius 3 is 1.63 bits per heavy atom. The summed E-state index contributed by atoms with van der Waals surface area (Å²) in [6.07, 6.45) is 6.92. The van der Waals surface area contributed by atoms with Gasteiger partial charge in [-0.05, 0) is 98.4 Å². The average Bonchev–Trinajstić information content (AvgIpc) is 4.01. The maximum absolute atomic E-state index is 12.7. The number of rotatable bonds is 23. The van der Waals surface area contributed by atoms with Crippen molar-refractivity contribution in [2.75, 3.05) is 26.3 Å². The first-order chi connectivity index (χ1) is 34.3. The molecule has 0 spiro atoms. The van der Waals surface area contributed by atoms with Crippen molar-refractivity contribution in [2.24, 2.45) is 0 Å². The molecule has 4 heterocycles. The molecule has 0 saturated carbocycles.